The van der Waals surface area contributed by atoms with Gasteiger partial charge in [-0.3, -0.25) is 0 Å². The van der Waals surface area contributed by atoms with Gasteiger partial charge in [-0.05, 0) is 23.8 Å². The summed E-state index contributed by atoms with van der Waals surface area (Å²) in [5.74, 6) is 0.374. The molecule has 6 heteroatoms. The van der Waals surface area contributed by atoms with Crippen LogP contribution < -0.4 is 4.74 Å². The van der Waals surface area contributed by atoms with Crippen molar-refractivity contribution in [1.29, 1.82) is 0 Å². The Balaban J connectivity index is 2.02. The summed E-state index contributed by atoms with van der Waals surface area (Å²) in [6.07, 6.45) is -4.02. The monoisotopic (exact) mass is 351 g/mol. The van der Waals surface area contributed by atoms with Crippen molar-refractivity contribution in [3.05, 3.63) is 70.2 Å². The van der Waals surface area contributed by atoms with Gasteiger partial charge in [-0.25, -0.2) is 4.98 Å². The van der Waals surface area contributed by atoms with Crippen LogP contribution in [0.25, 0.3) is 10.9 Å². The molecule has 0 aliphatic heterocycles. The van der Waals surface area contributed by atoms with Crippen LogP contribution in [-0.2, 0) is 12.6 Å². The Morgan fingerprint density at radius 1 is 1.04 bits per heavy atom. The molecule has 0 aliphatic rings. The van der Waals surface area contributed by atoms with Crippen molar-refractivity contribution in [3.63, 3.8) is 0 Å². The summed E-state index contributed by atoms with van der Waals surface area (Å²) in [5, 5.41) is 1.28. The van der Waals surface area contributed by atoms with E-state index in [2.05, 4.69) is 4.98 Å². The fourth-order valence-electron chi connectivity index (χ4n) is 2.53. The zero-order chi connectivity index (χ0) is 17.3. The molecule has 3 aromatic rings. The van der Waals surface area contributed by atoms with E-state index in [0.29, 0.717) is 34.0 Å². The van der Waals surface area contributed by atoms with Crippen molar-refractivity contribution < 1.29 is 17.9 Å². The van der Waals surface area contributed by atoms with E-state index in [1.165, 1.54) is 19.2 Å². The summed E-state index contributed by atoms with van der Waals surface area (Å²) in [5.41, 5.74) is 1.37. The molecule has 3 rings (SSSR count). The Morgan fingerprint density at radius 3 is 2.33 bits per heavy atom. The number of benzene rings is 2. The molecule has 0 saturated carbocycles. The predicted octanol–water partition coefficient (Wildman–Crippen LogP) is 5.51. The number of aromatic nitrogens is 1. The minimum Gasteiger partial charge on any atom is -0.481 e. The molecule has 0 bridgehead atoms. The lowest BCUT2D eigenvalue weighted by molar-refractivity contribution is -0.137. The third kappa shape index (κ3) is 3.17. The number of rotatable bonds is 3. The standard InChI is InChI=1S/C18H13ClF3NO/c1-24-17-14(16(19)13-4-2-3-5-15(13)23-17)10-11-6-8-12(9-7-11)18(20,21)22/h2-9H,10H2,1H3. The zero-order valence-corrected chi connectivity index (χ0v) is 13.4. The van der Waals surface area contributed by atoms with E-state index in [4.69, 9.17) is 16.3 Å². The first-order valence-corrected chi connectivity index (χ1v) is 7.55. The molecule has 1 aromatic heterocycles. The van der Waals surface area contributed by atoms with Crippen molar-refractivity contribution in [2.75, 3.05) is 7.11 Å². The number of alkyl halides is 3. The predicted molar refractivity (Wildman–Crippen MR) is 87.6 cm³/mol. The maximum atomic E-state index is 12.7. The fourth-order valence-corrected chi connectivity index (χ4v) is 2.84. The number of hydrogen-bond donors (Lipinski definition) is 0. The maximum absolute atomic E-state index is 12.7. The molecule has 0 fully saturated rings. The smallest absolute Gasteiger partial charge is 0.416 e. The lowest BCUT2D eigenvalue weighted by Crippen LogP contribution is -2.05. The Labute approximate surface area is 141 Å². The molecule has 0 atom stereocenters. The number of pyridine rings is 1. The largest absolute Gasteiger partial charge is 0.481 e. The highest BCUT2D eigenvalue weighted by Crippen LogP contribution is 2.34. The number of methoxy groups -OCH3 is 1. The van der Waals surface area contributed by atoms with E-state index < -0.39 is 11.7 Å². The quantitative estimate of drug-likeness (QED) is 0.621. The molecular formula is C18H13ClF3NO. The molecule has 2 nitrogen and oxygen atoms in total. The van der Waals surface area contributed by atoms with Crippen LogP contribution in [0.15, 0.2) is 48.5 Å². The second kappa shape index (κ2) is 6.32. The van der Waals surface area contributed by atoms with Gasteiger partial charge in [-0.1, -0.05) is 41.9 Å². The third-order valence-corrected chi connectivity index (χ3v) is 4.17. The lowest BCUT2D eigenvalue weighted by atomic mass is 10.0. The lowest BCUT2D eigenvalue weighted by Gasteiger charge is -2.13. The highest BCUT2D eigenvalue weighted by molar-refractivity contribution is 6.36. The van der Waals surface area contributed by atoms with Crippen molar-refractivity contribution in [3.8, 4) is 5.88 Å². The SMILES string of the molecule is COc1nc2ccccc2c(Cl)c1Cc1ccc(C(F)(F)F)cc1. The molecule has 0 aliphatic carbocycles. The minimum absolute atomic E-state index is 0.331. The third-order valence-electron chi connectivity index (χ3n) is 3.74. The van der Waals surface area contributed by atoms with Gasteiger partial charge in [0.05, 0.1) is 23.2 Å². The molecule has 1 heterocycles. The topological polar surface area (TPSA) is 22.1 Å². The molecule has 0 unspecified atom stereocenters. The van der Waals surface area contributed by atoms with Crippen LogP contribution in [0.1, 0.15) is 16.7 Å². The van der Waals surface area contributed by atoms with Crippen molar-refractivity contribution >= 4 is 22.5 Å². The molecular weight excluding hydrogens is 339 g/mol. The average Bonchev–Trinajstić information content (AvgIpc) is 2.57. The summed E-state index contributed by atoms with van der Waals surface area (Å²) in [4.78, 5) is 4.42. The molecule has 124 valence electrons. The molecule has 0 amide bonds. The van der Waals surface area contributed by atoms with Gasteiger partial charge in [0.2, 0.25) is 5.88 Å². The van der Waals surface area contributed by atoms with Crippen molar-refractivity contribution in [2.45, 2.75) is 12.6 Å². The van der Waals surface area contributed by atoms with Crippen LogP contribution in [0.3, 0.4) is 0 Å². The zero-order valence-electron chi connectivity index (χ0n) is 12.7. The van der Waals surface area contributed by atoms with E-state index in [9.17, 15) is 13.2 Å². The van der Waals surface area contributed by atoms with Gasteiger partial charge in [0.25, 0.3) is 0 Å². The minimum atomic E-state index is -4.35. The van der Waals surface area contributed by atoms with Crippen LogP contribution >= 0.6 is 11.6 Å². The van der Waals surface area contributed by atoms with E-state index >= 15 is 0 Å². The normalized spacial score (nSPS) is 11.7. The summed E-state index contributed by atoms with van der Waals surface area (Å²) < 4.78 is 43.3. The highest BCUT2D eigenvalue weighted by Gasteiger charge is 2.30. The summed E-state index contributed by atoms with van der Waals surface area (Å²) in [6.45, 7) is 0. The molecule has 24 heavy (non-hydrogen) atoms. The first-order chi connectivity index (χ1) is 11.4. The first kappa shape index (κ1) is 16.6. The number of halogens is 4. The van der Waals surface area contributed by atoms with Crippen LogP contribution in [-0.4, -0.2) is 12.1 Å². The van der Waals surface area contributed by atoms with Crippen molar-refractivity contribution in [1.82, 2.24) is 4.98 Å². The summed E-state index contributed by atoms with van der Waals surface area (Å²) >= 11 is 6.48. The molecule has 0 N–H and O–H groups in total. The Kier molecular flexibility index (Phi) is 4.37. The van der Waals surface area contributed by atoms with E-state index in [1.54, 1.807) is 0 Å². The van der Waals surface area contributed by atoms with E-state index in [0.717, 1.165) is 17.5 Å². The van der Waals surface area contributed by atoms with Gasteiger partial charge >= 0.3 is 6.18 Å². The van der Waals surface area contributed by atoms with Crippen LogP contribution in [0.5, 0.6) is 5.88 Å². The van der Waals surface area contributed by atoms with Gasteiger partial charge in [0.15, 0.2) is 0 Å². The summed E-state index contributed by atoms with van der Waals surface area (Å²) in [7, 11) is 1.49. The van der Waals surface area contributed by atoms with Crippen LogP contribution in [0.4, 0.5) is 13.2 Å². The maximum Gasteiger partial charge on any atom is 0.416 e. The number of fused-ring (bicyclic) bond motifs is 1. The molecule has 2 aromatic carbocycles. The van der Waals surface area contributed by atoms with E-state index in [1.807, 2.05) is 24.3 Å². The van der Waals surface area contributed by atoms with Gasteiger partial charge in [-0.2, -0.15) is 13.2 Å². The molecule has 0 saturated heterocycles. The number of para-hydroxylation sites is 1. The molecule has 0 radical (unpaired) electrons. The van der Waals surface area contributed by atoms with E-state index in [-0.39, 0.29) is 0 Å². The van der Waals surface area contributed by atoms with Gasteiger partial charge in [0, 0.05) is 17.4 Å². The van der Waals surface area contributed by atoms with Crippen molar-refractivity contribution in [2.24, 2.45) is 0 Å². The molecule has 0 spiro atoms. The summed E-state index contributed by atoms with van der Waals surface area (Å²) in [6, 6.07) is 12.4. The van der Waals surface area contributed by atoms with Crippen LogP contribution in [0.2, 0.25) is 5.02 Å². The second-order valence-corrected chi connectivity index (χ2v) is 5.68. The fraction of sp³-hybridized carbons (Fsp3) is 0.167. The second-order valence-electron chi connectivity index (χ2n) is 5.30. The highest BCUT2D eigenvalue weighted by atomic mass is 35.5. The number of hydrogen-bond acceptors (Lipinski definition) is 2. The number of nitrogens with zero attached hydrogens (tertiary/aromatic N) is 1. The Hall–Kier alpha value is -2.27. The first-order valence-electron chi connectivity index (χ1n) is 7.17. The average molecular weight is 352 g/mol. The number of ether oxygens (including phenoxy) is 1. The van der Waals surface area contributed by atoms with Gasteiger partial charge in [-0.15, -0.1) is 0 Å². The van der Waals surface area contributed by atoms with Crippen LogP contribution in [0, 0.1) is 0 Å². The Morgan fingerprint density at radius 2 is 1.71 bits per heavy atom. The van der Waals surface area contributed by atoms with Gasteiger partial charge < -0.3 is 4.74 Å². The van der Waals surface area contributed by atoms with Gasteiger partial charge in [0.1, 0.15) is 0 Å². The Bertz CT molecular complexity index is 876.